The zero-order valence-electron chi connectivity index (χ0n) is 31.3. The van der Waals surface area contributed by atoms with E-state index in [1.165, 1.54) is 60.8 Å². The van der Waals surface area contributed by atoms with Gasteiger partial charge in [-0.3, -0.25) is 0 Å². The fraction of sp³-hybridized carbons (Fsp3) is 0.0769. The van der Waals surface area contributed by atoms with Gasteiger partial charge < -0.3 is 8.98 Å². The standard InChI is InChI=1S/C48H31NO.2C2H6/c1-3-13-32(14-4-1)34-17-9-18-35(29-34)36-19-10-20-38(30-36)49-44-25-8-7-21-39(44)41-23-11-24-42(48(41)49)40-22-12-26-46-47(40)43-31-37(27-28-45(43)50-46)33-15-5-2-6-16-33;2*1-2/h1-31H;2*1-2H3. The second kappa shape index (κ2) is 15.1. The summed E-state index contributed by atoms with van der Waals surface area (Å²) in [6.45, 7) is 8.00. The number of para-hydroxylation sites is 2. The maximum absolute atomic E-state index is 6.49. The van der Waals surface area contributed by atoms with Crippen molar-refractivity contribution in [2.24, 2.45) is 0 Å². The summed E-state index contributed by atoms with van der Waals surface area (Å²) in [6.07, 6.45) is 0. The van der Waals surface area contributed by atoms with Gasteiger partial charge in [-0.25, -0.2) is 0 Å². The van der Waals surface area contributed by atoms with Gasteiger partial charge >= 0.3 is 0 Å². The van der Waals surface area contributed by atoms with Crippen LogP contribution in [0.25, 0.3) is 93.9 Å². The van der Waals surface area contributed by atoms with Crippen molar-refractivity contribution >= 4 is 43.7 Å². The summed E-state index contributed by atoms with van der Waals surface area (Å²) in [6, 6.07) is 67.4. The van der Waals surface area contributed by atoms with Crippen LogP contribution in [0.15, 0.2) is 192 Å². The van der Waals surface area contributed by atoms with Gasteiger partial charge in [-0.05, 0) is 81.4 Å². The Bertz CT molecular complexity index is 2860. The third-order valence-corrected chi connectivity index (χ3v) is 9.99. The Kier molecular flexibility index (Phi) is 9.66. The molecule has 0 unspecified atom stereocenters. The van der Waals surface area contributed by atoms with E-state index in [4.69, 9.17) is 4.42 Å². The molecular formula is C52H43NO. The Morgan fingerprint density at radius 2 is 0.889 bits per heavy atom. The van der Waals surface area contributed by atoms with Gasteiger partial charge in [0.05, 0.1) is 11.0 Å². The highest BCUT2D eigenvalue weighted by Crippen LogP contribution is 2.43. The summed E-state index contributed by atoms with van der Waals surface area (Å²) in [4.78, 5) is 0. The SMILES string of the molecule is CC.CC.c1ccc(-c2cccc(-c3cccc(-n4c5ccccc5c5cccc(-c6cccc7oc8ccc(-c9ccccc9)cc8c67)c54)c3)c2)cc1. The number of benzene rings is 8. The molecule has 10 aromatic rings. The van der Waals surface area contributed by atoms with E-state index in [0.29, 0.717) is 0 Å². The molecule has 0 saturated carbocycles. The highest BCUT2D eigenvalue weighted by Gasteiger charge is 2.20. The van der Waals surface area contributed by atoms with Crippen LogP contribution in [0.3, 0.4) is 0 Å². The van der Waals surface area contributed by atoms with Crippen molar-refractivity contribution in [1.29, 1.82) is 0 Å². The predicted molar refractivity (Wildman–Crippen MR) is 232 cm³/mol. The first-order valence-electron chi connectivity index (χ1n) is 19.1. The molecule has 0 N–H and O–H groups in total. The van der Waals surface area contributed by atoms with Crippen LogP contribution in [0.2, 0.25) is 0 Å². The molecule has 2 heterocycles. The molecule has 0 aliphatic rings. The van der Waals surface area contributed by atoms with Crippen LogP contribution in [-0.2, 0) is 0 Å². The minimum Gasteiger partial charge on any atom is -0.456 e. The molecule has 54 heavy (non-hydrogen) atoms. The lowest BCUT2D eigenvalue weighted by Gasteiger charge is -2.14. The summed E-state index contributed by atoms with van der Waals surface area (Å²) in [7, 11) is 0. The normalized spacial score (nSPS) is 11.0. The Hall–Kier alpha value is -6.64. The summed E-state index contributed by atoms with van der Waals surface area (Å²) in [5.74, 6) is 0. The average Bonchev–Trinajstić information content (AvgIpc) is 3.82. The number of fused-ring (bicyclic) bond motifs is 6. The molecule has 0 aliphatic heterocycles. The number of hydrogen-bond donors (Lipinski definition) is 0. The van der Waals surface area contributed by atoms with Crippen LogP contribution in [0.1, 0.15) is 27.7 Å². The topological polar surface area (TPSA) is 18.1 Å². The highest BCUT2D eigenvalue weighted by atomic mass is 16.3. The third-order valence-electron chi connectivity index (χ3n) is 9.99. The molecule has 0 saturated heterocycles. The number of rotatable bonds is 5. The minimum atomic E-state index is 0.891. The van der Waals surface area contributed by atoms with E-state index in [1.807, 2.05) is 27.7 Å². The zero-order valence-corrected chi connectivity index (χ0v) is 31.3. The fourth-order valence-corrected chi connectivity index (χ4v) is 7.70. The first-order chi connectivity index (χ1) is 26.8. The molecular weight excluding hydrogens is 655 g/mol. The van der Waals surface area contributed by atoms with Crippen molar-refractivity contribution in [3.05, 3.63) is 188 Å². The molecule has 0 radical (unpaired) electrons. The largest absolute Gasteiger partial charge is 0.456 e. The monoisotopic (exact) mass is 697 g/mol. The Morgan fingerprint density at radius 1 is 0.352 bits per heavy atom. The molecule has 2 heteroatoms. The van der Waals surface area contributed by atoms with Gasteiger partial charge in [0.15, 0.2) is 0 Å². The first kappa shape index (κ1) is 34.4. The van der Waals surface area contributed by atoms with Gasteiger partial charge in [0.25, 0.3) is 0 Å². The summed E-state index contributed by atoms with van der Waals surface area (Å²) >= 11 is 0. The van der Waals surface area contributed by atoms with Gasteiger partial charge in [-0.1, -0.05) is 173 Å². The number of aromatic nitrogens is 1. The van der Waals surface area contributed by atoms with Gasteiger partial charge in [0.2, 0.25) is 0 Å². The van der Waals surface area contributed by atoms with E-state index in [2.05, 4.69) is 193 Å². The maximum Gasteiger partial charge on any atom is 0.136 e. The molecule has 0 spiro atoms. The van der Waals surface area contributed by atoms with E-state index in [1.54, 1.807) is 0 Å². The van der Waals surface area contributed by atoms with Gasteiger partial charge in [0, 0.05) is 32.8 Å². The smallest absolute Gasteiger partial charge is 0.136 e. The van der Waals surface area contributed by atoms with Crippen LogP contribution in [0.4, 0.5) is 0 Å². The van der Waals surface area contributed by atoms with Crippen LogP contribution in [0, 0.1) is 0 Å². The van der Waals surface area contributed by atoms with Crippen molar-refractivity contribution < 1.29 is 4.42 Å². The molecule has 10 rings (SSSR count). The summed E-state index contributed by atoms with van der Waals surface area (Å²) in [5, 5.41) is 4.72. The van der Waals surface area contributed by atoms with E-state index in [9.17, 15) is 0 Å². The van der Waals surface area contributed by atoms with Crippen molar-refractivity contribution in [3.63, 3.8) is 0 Å². The van der Waals surface area contributed by atoms with Crippen LogP contribution >= 0.6 is 0 Å². The molecule has 2 nitrogen and oxygen atoms in total. The quantitative estimate of drug-likeness (QED) is 0.175. The van der Waals surface area contributed by atoms with Crippen LogP contribution < -0.4 is 0 Å². The number of furan rings is 1. The molecule has 0 fully saturated rings. The fourth-order valence-electron chi connectivity index (χ4n) is 7.70. The van der Waals surface area contributed by atoms with E-state index in [0.717, 1.165) is 33.2 Å². The maximum atomic E-state index is 6.49. The van der Waals surface area contributed by atoms with E-state index < -0.39 is 0 Å². The molecule has 0 atom stereocenters. The van der Waals surface area contributed by atoms with Crippen molar-refractivity contribution in [1.82, 2.24) is 4.57 Å². The molecule has 2 aromatic heterocycles. The second-order valence-corrected chi connectivity index (χ2v) is 12.9. The van der Waals surface area contributed by atoms with Crippen molar-refractivity contribution in [2.75, 3.05) is 0 Å². The minimum absolute atomic E-state index is 0.891. The van der Waals surface area contributed by atoms with Crippen LogP contribution in [0.5, 0.6) is 0 Å². The molecule has 262 valence electrons. The van der Waals surface area contributed by atoms with Crippen LogP contribution in [-0.4, -0.2) is 4.57 Å². The summed E-state index contributed by atoms with van der Waals surface area (Å²) < 4.78 is 8.94. The third kappa shape index (κ3) is 6.06. The lowest BCUT2D eigenvalue weighted by Crippen LogP contribution is -1.96. The van der Waals surface area contributed by atoms with Gasteiger partial charge in [-0.2, -0.15) is 0 Å². The number of hydrogen-bond acceptors (Lipinski definition) is 1. The Labute approximate surface area is 317 Å². The van der Waals surface area contributed by atoms with Gasteiger partial charge in [0.1, 0.15) is 11.2 Å². The van der Waals surface area contributed by atoms with Crippen molar-refractivity contribution in [3.8, 4) is 50.2 Å². The number of nitrogens with zero attached hydrogens (tertiary/aromatic N) is 1. The average molecular weight is 698 g/mol. The molecule has 0 amide bonds. The summed E-state index contributed by atoms with van der Waals surface area (Å²) in [5.41, 5.74) is 14.8. The lowest BCUT2D eigenvalue weighted by atomic mass is 9.96. The molecule has 0 bridgehead atoms. The second-order valence-electron chi connectivity index (χ2n) is 12.9. The van der Waals surface area contributed by atoms with Crippen molar-refractivity contribution in [2.45, 2.75) is 27.7 Å². The molecule has 8 aromatic carbocycles. The predicted octanol–water partition coefficient (Wildman–Crippen LogP) is 15.4. The molecule has 0 aliphatic carbocycles. The van der Waals surface area contributed by atoms with E-state index >= 15 is 0 Å². The van der Waals surface area contributed by atoms with Gasteiger partial charge in [-0.15, -0.1) is 0 Å². The Morgan fingerprint density at radius 3 is 1.63 bits per heavy atom. The van der Waals surface area contributed by atoms with E-state index in [-0.39, 0.29) is 0 Å². The first-order valence-corrected chi connectivity index (χ1v) is 19.1. The Balaban J connectivity index is 0.00000100. The zero-order chi connectivity index (χ0) is 37.0. The highest BCUT2D eigenvalue weighted by molar-refractivity contribution is 6.19. The lowest BCUT2D eigenvalue weighted by molar-refractivity contribution is 0.669.